The lowest BCUT2D eigenvalue weighted by atomic mass is 10.7. The SMILES string of the molecule is C=N/C=C\NC(C)=O. The zero-order valence-electron chi connectivity index (χ0n) is 4.72. The highest BCUT2D eigenvalue weighted by Crippen LogP contribution is 1.65. The molecule has 0 fully saturated rings. The summed E-state index contributed by atoms with van der Waals surface area (Å²) in [6.45, 7) is 4.59. The molecule has 0 rings (SSSR count). The summed E-state index contributed by atoms with van der Waals surface area (Å²) in [7, 11) is 0. The van der Waals surface area contributed by atoms with Gasteiger partial charge >= 0.3 is 0 Å². The first-order valence-corrected chi connectivity index (χ1v) is 2.15. The molecule has 3 heteroatoms. The molecule has 0 aliphatic carbocycles. The zero-order valence-corrected chi connectivity index (χ0v) is 4.72. The molecule has 0 saturated heterocycles. The van der Waals surface area contributed by atoms with E-state index in [1.165, 1.54) is 19.3 Å². The van der Waals surface area contributed by atoms with E-state index in [1.807, 2.05) is 0 Å². The van der Waals surface area contributed by atoms with Gasteiger partial charge in [0.05, 0.1) is 0 Å². The van der Waals surface area contributed by atoms with Crippen molar-refractivity contribution in [3.05, 3.63) is 12.4 Å². The van der Waals surface area contributed by atoms with Gasteiger partial charge in [-0.05, 0) is 6.72 Å². The Hall–Kier alpha value is -1.12. The van der Waals surface area contributed by atoms with Gasteiger partial charge in [0.2, 0.25) is 5.91 Å². The molecule has 1 amide bonds. The van der Waals surface area contributed by atoms with Crippen LogP contribution in [0.1, 0.15) is 6.92 Å². The van der Waals surface area contributed by atoms with E-state index in [0.717, 1.165) is 0 Å². The number of hydrogen-bond donors (Lipinski definition) is 1. The van der Waals surface area contributed by atoms with E-state index in [1.54, 1.807) is 0 Å². The van der Waals surface area contributed by atoms with Crippen LogP contribution in [0.2, 0.25) is 0 Å². The van der Waals surface area contributed by atoms with Crippen LogP contribution in [0.4, 0.5) is 0 Å². The van der Waals surface area contributed by atoms with Crippen molar-refractivity contribution < 1.29 is 4.79 Å². The highest BCUT2D eigenvalue weighted by atomic mass is 16.1. The van der Waals surface area contributed by atoms with Crippen LogP contribution in [-0.2, 0) is 4.79 Å². The van der Waals surface area contributed by atoms with Crippen molar-refractivity contribution in [3.8, 4) is 0 Å². The normalized spacial score (nSPS) is 9.12. The van der Waals surface area contributed by atoms with Crippen LogP contribution in [-0.4, -0.2) is 12.6 Å². The number of amides is 1. The summed E-state index contributed by atoms with van der Waals surface area (Å²) in [6, 6.07) is 0. The molecule has 8 heavy (non-hydrogen) atoms. The molecule has 0 saturated carbocycles. The quantitative estimate of drug-likeness (QED) is 0.512. The maximum Gasteiger partial charge on any atom is 0.220 e. The van der Waals surface area contributed by atoms with Crippen LogP contribution in [0.25, 0.3) is 0 Å². The highest BCUT2D eigenvalue weighted by Gasteiger charge is 1.78. The number of hydrogen-bond acceptors (Lipinski definition) is 2. The molecule has 0 aromatic rings. The van der Waals surface area contributed by atoms with Crippen LogP contribution >= 0.6 is 0 Å². The van der Waals surface area contributed by atoms with E-state index in [2.05, 4.69) is 17.0 Å². The van der Waals surface area contributed by atoms with Crippen molar-refractivity contribution in [3.63, 3.8) is 0 Å². The van der Waals surface area contributed by atoms with Gasteiger partial charge in [-0.25, -0.2) is 0 Å². The summed E-state index contributed by atoms with van der Waals surface area (Å²) in [5, 5.41) is 2.39. The van der Waals surface area contributed by atoms with E-state index in [0.29, 0.717) is 0 Å². The third kappa shape index (κ3) is 4.88. The molecule has 0 atom stereocenters. The average Bonchev–Trinajstić information content (AvgIpc) is 1.66. The van der Waals surface area contributed by atoms with Gasteiger partial charge in [-0.3, -0.25) is 9.79 Å². The molecular formula is C5H8N2O. The van der Waals surface area contributed by atoms with Crippen LogP contribution in [0, 0.1) is 0 Å². The molecule has 0 bridgehead atoms. The summed E-state index contributed by atoms with van der Waals surface area (Å²) in [6.07, 6.45) is 2.83. The Bertz CT molecular complexity index is 118. The summed E-state index contributed by atoms with van der Waals surface area (Å²) in [4.78, 5) is 13.5. The predicted octanol–water partition coefficient (Wildman–Crippen LogP) is 0.294. The Kier molecular flexibility index (Phi) is 3.48. The fourth-order valence-corrected chi connectivity index (χ4v) is 0.207. The maximum absolute atomic E-state index is 10.1. The molecule has 0 radical (unpaired) electrons. The summed E-state index contributed by atoms with van der Waals surface area (Å²) in [5.41, 5.74) is 0. The monoisotopic (exact) mass is 112 g/mol. The molecule has 0 aliphatic heterocycles. The van der Waals surface area contributed by atoms with Gasteiger partial charge in [0.15, 0.2) is 0 Å². The van der Waals surface area contributed by atoms with E-state index in [9.17, 15) is 4.79 Å². The lowest BCUT2D eigenvalue weighted by molar-refractivity contribution is -0.118. The van der Waals surface area contributed by atoms with Crippen LogP contribution in [0.5, 0.6) is 0 Å². The molecule has 0 aromatic carbocycles. The fraction of sp³-hybridized carbons (Fsp3) is 0.200. The molecule has 0 aliphatic rings. The molecular weight excluding hydrogens is 104 g/mol. The molecule has 44 valence electrons. The first kappa shape index (κ1) is 6.88. The van der Waals surface area contributed by atoms with Gasteiger partial charge in [-0.1, -0.05) is 0 Å². The third-order valence-corrected chi connectivity index (χ3v) is 0.467. The van der Waals surface area contributed by atoms with Crippen molar-refractivity contribution >= 4 is 12.6 Å². The molecule has 0 unspecified atom stereocenters. The van der Waals surface area contributed by atoms with E-state index >= 15 is 0 Å². The Morgan fingerprint density at radius 2 is 2.50 bits per heavy atom. The van der Waals surface area contributed by atoms with Crippen molar-refractivity contribution in [1.29, 1.82) is 0 Å². The maximum atomic E-state index is 10.1. The van der Waals surface area contributed by atoms with Gasteiger partial charge in [-0.2, -0.15) is 0 Å². The summed E-state index contributed by atoms with van der Waals surface area (Å²) >= 11 is 0. The first-order chi connectivity index (χ1) is 3.77. The van der Waals surface area contributed by atoms with Crippen molar-refractivity contribution in [1.82, 2.24) is 5.32 Å². The van der Waals surface area contributed by atoms with E-state index < -0.39 is 0 Å². The summed E-state index contributed by atoms with van der Waals surface area (Å²) < 4.78 is 0. The minimum Gasteiger partial charge on any atom is -0.331 e. The second kappa shape index (κ2) is 4.05. The summed E-state index contributed by atoms with van der Waals surface area (Å²) in [5.74, 6) is -0.107. The Balaban J connectivity index is 3.29. The molecule has 0 heterocycles. The number of nitrogens with one attached hydrogen (secondary N) is 1. The average molecular weight is 112 g/mol. The van der Waals surface area contributed by atoms with E-state index in [4.69, 9.17) is 0 Å². The lowest BCUT2D eigenvalue weighted by Gasteiger charge is -1.85. The third-order valence-electron chi connectivity index (χ3n) is 0.467. The standard InChI is InChI=1S/C5H8N2O/c1-5(8)7-4-3-6-2/h3-4H,2H2,1H3,(H,7,8)/b4-3-. The Labute approximate surface area is 48.1 Å². The molecule has 1 N–H and O–H groups in total. The van der Waals surface area contributed by atoms with Crippen molar-refractivity contribution in [2.45, 2.75) is 6.92 Å². The predicted molar refractivity (Wildman–Crippen MR) is 32.5 cm³/mol. The van der Waals surface area contributed by atoms with Gasteiger partial charge in [0.25, 0.3) is 0 Å². The number of nitrogens with zero attached hydrogens (tertiary/aromatic N) is 1. The van der Waals surface area contributed by atoms with Gasteiger partial charge < -0.3 is 5.32 Å². The number of rotatable bonds is 2. The number of aliphatic imine (C=N–C) groups is 1. The molecule has 0 aromatic heterocycles. The second-order valence-electron chi connectivity index (χ2n) is 1.20. The van der Waals surface area contributed by atoms with E-state index in [-0.39, 0.29) is 5.91 Å². The smallest absolute Gasteiger partial charge is 0.220 e. The van der Waals surface area contributed by atoms with Crippen molar-refractivity contribution in [2.24, 2.45) is 4.99 Å². The largest absolute Gasteiger partial charge is 0.331 e. The van der Waals surface area contributed by atoms with Gasteiger partial charge in [0, 0.05) is 19.3 Å². The minimum absolute atomic E-state index is 0.107. The van der Waals surface area contributed by atoms with Crippen LogP contribution in [0.3, 0.4) is 0 Å². The fourth-order valence-electron chi connectivity index (χ4n) is 0.207. The van der Waals surface area contributed by atoms with Crippen molar-refractivity contribution in [2.75, 3.05) is 0 Å². The first-order valence-electron chi connectivity index (χ1n) is 2.15. The van der Waals surface area contributed by atoms with Crippen LogP contribution < -0.4 is 5.32 Å². The van der Waals surface area contributed by atoms with Crippen LogP contribution in [0.15, 0.2) is 17.4 Å². The second-order valence-corrected chi connectivity index (χ2v) is 1.20. The zero-order chi connectivity index (χ0) is 6.41. The van der Waals surface area contributed by atoms with Gasteiger partial charge in [-0.15, -0.1) is 0 Å². The lowest BCUT2D eigenvalue weighted by Crippen LogP contribution is -2.10. The number of carbonyl (C=O) groups excluding carboxylic acids is 1. The van der Waals surface area contributed by atoms with Gasteiger partial charge in [0.1, 0.15) is 0 Å². The molecule has 3 nitrogen and oxygen atoms in total. The minimum atomic E-state index is -0.107. The Morgan fingerprint density at radius 1 is 1.88 bits per heavy atom. The highest BCUT2D eigenvalue weighted by molar-refractivity contribution is 5.73. The Morgan fingerprint density at radius 3 is 2.88 bits per heavy atom. The molecule has 0 spiro atoms. The number of carbonyl (C=O) groups is 1. The topological polar surface area (TPSA) is 41.5 Å².